The molecule has 0 spiro atoms. The minimum atomic E-state index is -2.35. The number of imidazole rings is 1. The van der Waals surface area contributed by atoms with E-state index in [4.69, 9.17) is 31.1 Å². The molecule has 29 heavy (non-hydrogen) atoms. The molecule has 2 aliphatic rings. The summed E-state index contributed by atoms with van der Waals surface area (Å²) in [7, 11) is -2.35. The Morgan fingerprint density at radius 2 is 2.07 bits per heavy atom. The lowest BCUT2D eigenvalue weighted by atomic mass is 10.1. The molecule has 11 nitrogen and oxygen atoms in total. The third kappa shape index (κ3) is 3.03. The van der Waals surface area contributed by atoms with Gasteiger partial charge in [0.1, 0.15) is 24.6 Å². The first-order valence-electron chi connectivity index (χ1n) is 8.56. The van der Waals surface area contributed by atoms with Crippen molar-refractivity contribution in [3.05, 3.63) is 39.6 Å². The molecule has 2 fully saturated rings. The molecule has 0 amide bonds. The number of nitrogens with one attached hydrogen (secondary N) is 1. The molecule has 2 saturated heterocycles. The van der Waals surface area contributed by atoms with Gasteiger partial charge in [-0.05, 0) is 24.3 Å². The van der Waals surface area contributed by atoms with Gasteiger partial charge in [0.15, 0.2) is 23.5 Å². The topological polar surface area (TPSA) is 155 Å². The van der Waals surface area contributed by atoms with Crippen molar-refractivity contribution in [3.8, 4) is 11.4 Å². The van der Waals surface area contributed by atoms with E-state index in [-0.39, 0.29) is 23.7 Å². The Balaban J connectivity index is 1.71. The summed E-state index contributed by atoms with van der Waals surface area (Å²) in [6.45, 7) is -0.00745. The summed E-state index contributed by atoms with van der Waals surface area (Å²) >= 11 is 5.98. The minimum absolute atomic E-state index is 0.00745. The van der Waals surface area contributed by atoms with Crippen molar-refractivity contribution in [1.82, 2.24) is 19.5 Å². The van der Waals surface area contributed by atoms with E-state index in [9.17, 15) is 14.5 Å². The number of rotatable bonds is 2. The number of benzene rings is 1. The van der Waals surface area contributed by atoms with Crippen molar-refractivity contribution in [2.45, 2.75) is 24.5 Å². The lowest BCUT2D eigenvalue weighted by Crippen LogP contribution is -2.37. The molecule has 0 saturated carbocycles. The molecule has 5 atom stereocenters. The number of aliphatic hydroxyl groups is 1. The van der Waals surface area contributed by atoms with Crippen LogP contribution >= 0.6 is 19.9 Å². The second-order valence-corrected chi connectivity index (χ2v) is 7.93. The van der Waals surface area contributed by atoms with Crippen LogP contribution in [0.5, 0.6) is 0 Å². The molecule has 3 unspecified atom stereocenters. The Bertz CT molecular complexity index is 1180. The molecule has 2 aliphatic heterocycles. The number of nitrogen functional groups attached to an aromatic ring is 1. The molecule has 0 radical (unpaired) electrons. The van der Waals surface area contributed by atoms with Crippen LogP contribution in [0.1, 0.15) is 6.23 Å². The van der Waals surface area contributed by atoms with E-state index < -0.39 is 38.4 Å². The molecule has 3 aromatic rings. The van der Waals surface area contributed by atoms with Gasteiger partial charge in [-0.25, -0.2) is 4.98 Å². The normalized spacial score (nSPS) is 28.0. The average molecular weight is 439 g/mol. The number of hydrogen-bond acceptors (Lipinski definition) is 9. The summed E-state index contributed by atoms with van der Waals surface area (Å²) in [4.78, 5) is 23.4. The summed E-state index contributed by atoms with van der Waals surface area (Å²) in [6, 6.07) is 6.75. The highest BCUT2D eigenvalue weighted by Gasteiger charge is 2.55. The monoisotopic (exact) mass is 438 g/mol. The van der Waals surface area contributed by atoms with Crippen LogP contribution < -0.4 is 11.3 Å². The van der Waals surface area contributed by atoms with E-state index >= 15 is 0 Å². The number of aliphatic hydroxyl groups excluding tert-OH is 1. The molecule has 4 N–H and O–H groups in total. The summed E-state index contributed by atoms with van der Waals surface area (Å²) in [5.74, 6) is 0.201. The maximum Gasteiger partial charge on any atom is 0.697 e. The number of aromatic amines is 1. The standard InChI is InChI=1S/C16H13ClN5O6P/c17-7-3-1-6(2-4-7)12-19-9-13(20-16(18)21-14(9)24)22(12)15-10(23)11-8(27-15)5-26-29(25)28-11/h1-4,8,10-11,15,23H,5H2,(H2-,18,20,21,24)/p+1/t8?,10?,11-,15-/m1/s1. The number of H-pyrrole nitrogens is 1. The molecular weight excluding hydrogens is 425 g/mol. The Labute approximate surface area is 168 Å². The molecule has 0 bridgehead atoms. The van der Waals surface area contributed by atoms with E-state index in [1.165, 1.54) is 4.57 Å². The molecular formula is C16H14ClN5O6P+. The van der Waals surface area contributed by atoms with Crippen molar-refractivity contribution < 1.29 is 23.5 Å². The van der Waals surface area contributed by atoms with Crippen LogP contribution in [0.25, 0.3) is 22.6 Å². The van der Waals surface area contributed by atoms with Gasteiger partial charge in [-0.1, -0.05) is 11.6 Å². The largest absolute Gasteiger partial charge is 0.697 e. The fraction of sp³-hybridized carbons (Fsp3) is 0.312. The fourth-order valence-corrected chi connectivity index (χ4v) is 4.42. The van der Waals surface area contributed by atoms with Gasteiger partial charge >= 0.3 is 8.25 Å². The molecule has 2 aromatic heterocycles. The lowest BCUT2D eigenvalue weighted by Gasteiger charge is -2.19. The Morgan fingerprint density at radius 3 is 2.83 bits per heavy atom. The zero-order chi connectivity index (χ0) is 20.3. The molecule has 4 heterocycles. The molecule has 1 aromatic carbocycles. The first kappa shape index (κ1) is 18.6. The van der Waals surface area contributed by atoms with Gasteiger partial charge in [-0.2, -0.15) is 4.98 Å². The zero-order valence-electron chi connectivity index (χ0n) is 14.6. The van der Waals surface area contributed by atoms with E-state index in [1.54, 1.807) is 24.3 Å². The van der Waals surface area contributed by atoms with Crippen LogP contribution in [0.2, 0.25) is 5.02 Å². The van der Waals surface area contributed by atoms with Crippen LogP contribution in [0, 0.1) is 0 Å². The Morgan fingerprint density at radius 1 is 1.31 bits per heavy atom. The summed E-state index contributed by atoms with van der Waals surface area (Å²) in [5, 5.41) is 11.4. The average Bonchev–Trinajstić information content (AvgIpc) is 3.21. The second-order valence-electron chi connectivity index (χ2n) is 6.58. The first-order chi connectivity index (χ1) is 13.9. The first-order valence-corrected chi connectivity index (χ1v) is 10.0. The number of ether oxygens (including phenoxy) is 1. The van der Waals surface area contributed by atoms with Crippen molar-refractivity contribution in [2.24, 2.45) is 0 Å². The summed E-state index contributed by atoms with van der Waals surface area (Å²) in [6.07, 6.45) is -3.77. The maximum absolute atomic E-state index is 12.4. The van der Waals surface area contributed by atoms with E-state index in [2.05, 4.69) is 15.0 Å². The summed E-state index contributed by atoms with van der Waals surface area (Å²) in [5.41, 5.74) is 5.95. The van der Waals surface area contributed by atoms with Crippen LogP contribution in [0.3, 0.4) is 0 Å². The van der Waals surface area contributed by atoms with Crippen molar-refractivity contribution >= 4 is 37.0 Å². The van der Waals surface area contributed by atoms with E-state index in [1.807, 2.05) is 0 Å². The van der Waals surface area contributed by atoms with Gasteiger partial charge in [0.05, 0.1) is 0 Å². The van der Waals surface area contributed by atoms with Gasteiger partial charge in [0.2, 0.25) is 5.95 Å². The molecule has 13 heteroatoms. The van der Waals surface area contributed by atoms with E-state index in [0.717, 1.165) is 0 Å². The van der Waals surface area contributed by atoms with Gasteiger partial charge in [-0.15, -0.1) is 9.05 Å². The van der Waals surface area contributed by atoms with Crippen molar-refractivity contribution in [2.75, 3.05) is 12.3 Å². The number of nitrogens with zero attached hydrogens (tertiary/aromatic N) is 3. The van der Waals surface area contributed by atoms with Gasteiger partial charge in [0, 0.05) is 15.2 Å². The Hall–Kier alpha value is -2.40. The van der Waals surface area contributed by atoms with Crippen LogP contribution in [0.4, 0.5) is 5.95 Å². The van der Waals surface area contributed by atoms with Crippen molar-refractivity contribution in [1.29, 1.82) is 0 Å². The Kier molecular flexibility index (Phi) is 4.39. The smallest absolute Gasteiger partial charge is 0.385 e. The third-order valence-electron chi connectivity index (χ3n) is 4.79. The number of anilines is 1. The van der Waals surface area contributed by atoms with Crippen LogP contribution in [-0.4, -0.2) is 49.5 Å². The molecule has 0 aliphatic carbocycles. The number of aromatic nitrogens is 4. The number of nitrogens with two attached hydrogens (primary N) is 1. The van der Waals surface area contributed by atoms with Gasteiger partial charge in [-0.3, -0.25) is 14.3 Å². The van der Waals surface area contributed by atoms with Gasteiger partial charge in [0.25, 0.3) is 5.56 Å². The number of hydrogen-bond donors (Lipinski definition) is 3. The quantitative estimate of drug-likeness (QED) is 0.503. The third-order valence-corrected chi connectivity index (χ3v) is 5.81. The SMILES string of the molecule is Nc1nc2c(nc(-c3ccc(Cl)cc3)n2[C@@H]2OC3CO[P+](=O)O[C@H]3C2O)c(=O)[nH]1. The zero-order valence-corrected chi connectivity index (χ0v) is 16.2. The predicted octanol–water partition coefficient (Wildman–Crippen LogP) is 1.35. The molecule has 5 rings (SSSR count). The minimum Gasteiger partial charge on any atom is -0.385 e. The van der Waals surface area contributed by atoms with Crippen LogP contribution in [0.15, 0.2) is 29.1 Å². The van der Waals surface area contributed by atoms with Gasteiger partial charge < -0.3 is 15.6 Å². The van der Waals surface area contributed by atoms with E-state index in [0.29, 0.717) is 16.4 Å². The fourth-order valence-electron chi connectivity index (χ4n) is 3.51. The lowest BCUT2D eigenvalue weighted by molar-refractivity contribution is -0.0546. The van der Waals surface area contributed by atoms with Crippen molar-refractivity contribution in [3.63, 3.8) is 0 Å². The highest BCUT2D eigenvalue weighted by molar-refractivity contribution is 7.33. The summed E-state index contributed by atoms with van der Waals surface area (Å²) < 4.78 is 29.2. The highest BCUT2D eigenvalue weighted by Crippen LogP contribution is 2.44. The second kappa shape index (κ2) is 6.84. The maximum atomic E-state index is 12.4. The number of halogens is 1. The number of fused-ring (bicyclic) bond motifs is 2. The highest BCUT2D eigenvalue weighted by atomic mass is 35.5. The predicted molar refractivity (Wildman–Crippen MR) is 101 cm³/mol. The van der Waals surface area contributed by atoms with Crippen LogP contribution in [-0.2, 0) is 18.3 Å². The molecule has 150 valence electrons.